The van der Waals surface area contributed by atoms with Gasteiger partial charge in [-0.25, -0.2) is 4.39 Å². The standard InChI is InChI=1S/C18H18BFO2/c1-6-13-15(20)11-10-12-8-7-9-14(16(12)13)19-21-17(2,3)18(4,5)22-19/h1,7-11H,2-5H3. The molecule has 22 heavy (non-hydrogen) atoms. The minimum Gasteiger partial charge on any atom is -0.399 e. The number of halogens is 1. The fraction of sp³-hybridized carbons (Fsp3) is 0.333. The van der Waals surface area contributed by atoms with Gasteiger partial charge in [0.1, 0.15) is 5.82 Å². The third-order valence-corrected chi connectivity index (χ3v) is 4.68. The fourth-order valence-corrected chi connectivity index (χ4v) is 2.69. The molecule has 0 aliphatic carbocycles. The van der Waals surface area contributed by atoms with Gasteiger partial charge in [0.15, 0.2) is 0 Å². The number of terminal acetylenes is 1. The van der Waals surface area contributed by atoms with Crippen LogP contribution in [0.5, 0.6) is 0 Å². The van der Waals surface area contributed by atoms with Gasteiger partial charge in [0, 0.05) is 5.39 Å². The maximum absolute atomic E-state index is 14.1. The van der Waals surface area contributed by atoms with Gasteiger partial charge in [0.05, 0.1) is 16.8 Å². The molecule has 0 aromatic heterocycles. The van der Waals surface area contributed by atoms with E-state index in [4.69, 9.17) is 15.7 Å². The van der Waals surface area contributed by atoms with E-state index in [1.54, 1.807) is 6.07 Å². The lowest BCUT2D eigenvalue weighted by atomic mass is 9.75. The van der Waals surface area contributed by atoms with Gasteiger partial charge in [-0.1, -0.05) is 30.2 Å². The molecule has 0 unspecified atom stereocenters. The summed E-state index contributed by atoms with van der Waals surface area (Å²) >= 11 is 0. The van der Waals surface area contributed by atoms with Crippen LogP contribution in [0.15, 0.2) is 30.3 Å². The minimum absolute atomic E-state index is 0.253. The molecule has 1 heterocycles. The van der Waals surface area contributed by atoms with Crippen molar-refractivity contribution in [1.29, 1.82) is 0 Å². The Morgan fingerprint density at radius 2 is 1.68 bits per heavy atom. The Morgan fingerprint density at radius 3 is 2.27 bits per heavy atom. The topological polar surface area (TPSA) is 18.5 Å². The highest BCUT2D eigenvalue weighted by Crippen LogP contribution is 2.37. The molecule has 1 aliphatic heterocycles. The maximum atomic E-state index is 14.1. The van der Waals surface area contributed by atoms with Gasteiger partial charge in [-0.3, -0.25) is 0 Å². The van der Waals surface area contributed by atoms with E-state index in [1.165, 1.54) is 6.07 Å². The lowest BCUT2D eigenvalue weighted by Crippen LogP contribution is -2.41. The second-order valence-corrected chi connectivity index (χ2v) is 6.60. The average molecular weight is 296 g/mol. The minimum atomic E-state index is -0.567. The largest absolute Gasteiger partial charge is 0.495 e. The molecule has 0 bridgehead atoms. The van der Waals surface area contributed by atoms with Gasteiger partial charge in [0.25, 0.3) is 0 Å². The van der Waals surface area contributed by atoms with Crippen molar-refractivity contribution in [3.63, 3.8) is 0 Å². The van der Waals surface area contributed by atoms with Crippen LogP contribution in [-0.4, -0.2) is 18.3 Å². The van der Waals surface area contributed by atoms with Crippen LogP contribution in [0.3, 0.4) is 0 Å². The zero-order chi connectivity index (χ0) is 16.1. The molecule has 0 N–H and O–H groups in total. The number of hydrogen-bond acceptors (Lipinski definition) is 2. The van der Waals surface area contributed by atoms with Gasteiger partial charge >= 0.3 is 7.12 Å². The van der Waals surface area contributed by atoms with Crippen LogP contribution in [-0.2, 0) is 9.31 Å². The molecule has 3 rings (SSSR count). The molecule has 0 atom stereocenters. The van der Waals surface area contributed by atoms with Crippen molar-refractivity contribution in [1.82, 2.24) is 0 Å². The first-order valence-corrected chi connectivity index (χ1v) is 7.30. The summed E-state index contributed by atoms with van der Waals surface area (Å²) in [6.45, 7) is 7.95. The van der Waals surface area contributed by atoms with E-state index in [1.807, 2.05) is 45.9 Å². The summed E-state index contributed by atoms with van der Waals surface area (Å²) in [7, 11) is -0.567. The predicted octanol–water partition coefficient (Wildman–Crippen LogP) is 3.26. The van der Waals surface area contributed by atoms with E-state index >= 15 is 0 Å². The number of benzene rings is 2. The van der Waals surface area contributed by atoms with E-state index in [0.29, 0.717) is 5.39 Å². The second-order valence-electron chi connectivity index (χ2n) is 6.60. The van der Waals surface area contributed by atoms with E-state index < -0.39 is 24.1 Å². The van der Waals surface area contributed by atoms with Crippen LogP contribution < -0.4 is 5.46 Å². The first-order chi connectivity index (χ1) is 10.3. The Bertz CT molecular complexity index is 774. The third-order valence-electron chi connectivity index (χ3n) is 4.68. The van der Waals surface area contributed by atoms with Crippen molar-refractivity contribution in [2.75, 3.05) is 0 Å². The summed E-state index contributed by atoms with van der Waals surface area (Å²) in [6.07, 6.45) is 5.52. The number of fused-ring (bicyclic) bond motifs is 1. The predicted molar refractivity (Wildman–Crippen MR) is 87.6 cm³/mol. The van der Waals surface area contributed by atoms with Crippen molar-refractivity contribution in [3.8, 4) is 12.3 Å². The Kier molecular flexibility index (Phi) is 3.32. The maximum Gasteiger partial charge on any atom is 0.495 e. The van der Waals surface area contributed by atoms with Crippen molar-refractivity contribution in [3.05, 3.63) is 41.7 Å². The number of hydrogen-bond donors (Lipinski definition) is 0. The van der Waals surface area contributed by atoms with Gasteiger partial charge in [-0.15, -0.1) is 6.42 Å². The van der Waals surface area contributed by atoms with E-state index in [9.17, 15) is 4.39 Å². The van der Waals surface area contributed by atoms with Crippen LogP contribution in [0.1, 0.15) is 33.3 Å². The van der Waals surface area contributed by atoms with Crippen molar-refractivity contribution in [2.24, 2.45) is 0 Å². The van der Waals surface area contributed by atoms with Crippen molar-refractivity contribution < 1.29 is 13.7 Å². The second kappa shape index (κ2) is 4.84. The molecule has 1 aliphatic rings. The van der Waals surface area contributed by atoms with Gasteiger partial charge in [-0.05, 0) is 44.6 Å². The highest BCUT2D eigenvalue weighted by atomic mass is 19.1. The lowest BCUT2D eigenvalue weighted by Gasteiger charge is -2.32. The van der Waals surface area contributed by atoms with Crippen LogP contribution in [0.4, 0.5) is 4.39 Å². The van der Waals surface area contributed by atoms with Gasteiger partial charge in [-0.2, -0.15) is 0 Å². The van der Waals surface area contributed by atoms with Crippen LogP contribution in [0, 0.1) is 18.2 Å². The Labute approximate surface area is 130 Å². The molecule has 0 saturated carbocycles. The quantitative estimate of drug-likeness (QED) is 0.594. The summed E-state index contributed by atoms with van der Waals surface area (Å²) in [5, 5.41) is 1.56. The van der Waals surface area contributed by atoms with E-state index in [2.05, 4.69) is 5.92 Å². The molecule has 4 heteroatoms. The zero-order valence-electron chi connectivity index (χ0n) is 13.2. The average Bonchev–Trinajstić information content (AvgIpc) is 2.66. The lowest BCUT2D eigenvalue weighted by molar-refractivity contribution is 0.00578. The normalized spacial score (nSPS) is 19.4. The summed E-state index contributed by atoms with van der Waals surface area (Å²) in [6, 6.07) is 8.81. The monoisotopic (exact) mass is 296 g/mol. The first-order valence-electron chi connectivity index (χ1n) is 7.30. The van der Waals surface area contributed by atoms with Gasteiger partial charge < -0.3 is 9.31 Å². The summed E-state index contributed by atoms with van der Waals surface area (Å²) in [5.74, 6) is 2.05. The Balaban J connectivity index is 2.21. The molecule has 1 saturated heterocycles. The molecule has 112 valence electrons. The summed E-state index contributed by atoms with van der Waals surface area (Å²) < 4.78 is 26.2. The molecular formula is C18H18BFO2. The zero-order valence-corrected chi connectivity index (χ0v) is 13.2. The molecular weight excluding hydrogens is 278 g/mol. The van der Waals surface area contributed by atoms with Crippen molar-refractivity contribution in [2.45, 2.75) is 38.9 Å². The SMILES string of the molecule is C#Cc1c(F)ccc2cccc(B3OC(C)(C)C(C)(C)O3)c12. The number of rotatable bonds is 1. The molecule has 0 amide bonds. The molecule has 0 spiro atoms. The van der Waals surface area contributed by atoms with E-state index in [-0.39, 0.29) is 5.56 Å². The van der Waals surface area contributed by atoms with Crippen LogP contribution in [0.2, 0.25) is 0 Å². The smallest absolute Gasteiger partial charge is 0.399 e. The molecule has 0 radical (unpaired) electrons. The van der Waals surface area contributed by atoms with Crippen LogP contribution in [0.25, 0.3) is 10.8 Å². The third kappa shape index (κ3) is 2.13. The van der Waals surface area contributed by atoms with E-state index in [0.717, 1.165) is 10.8 Å². The molecule has 2 nitrogen and oxygen atoms in total. The van der Waals surface area contributed by atoms with Crippen LogP contribution >= 0.6 is 0 Å². The highest BCUT2D eigenvalue weighted by molar-refractivity contribution is 6.65. The summed E-state index contributed by atoms with van der Waals surface area (Å²) in [5.41, 5.74) is 0.110. The molecule has 2 aromatic rings. The summed E-state index contributed by atoms with van der Waals surface area (Å²) in [4.78, 5) is 0. The van der Waals surface area contributed by atoms with Crippen molar-refractivity contribution >= 4 is 23.4 Å². The Morgan fingerprint density at radius 1 is 1.05 bits per heavy atom. The molecule has 1 fully saturated rings. The molecule has 2 aromatic carbocycles. The first kappa shape index (κ1) is 15.1. The fourth-order valence-electron chi connectivity index (χ4n) is 2.69. The van der Waals surface area contributed by atoms with Gasteiger partial charge in [0.2, 0.25) is 0 Å². The Hall–Kier alpha value is -1.83. The highest BCUT2D eigenvalue weighted by Gasteiger charge is 2.52.